The van der Waals surface area contributed by atoms with E-state index in [4.69, 9.17) is 0 Å². The zero-order valence-electron chi connectivity index (χ0n) is 6.56. The maximum absolute atomic E-state index is 11.1. The first-order valence-corrected chi connectivity index (χ1v) is 3.59. The average molecular weight is 161 g/mol. The molecule has 2 aromatic heterocycles. The second kappa shape index (κ2) is 2.41. The normalized spacial score (nSPS) is 10.4. The molecule has 0 spiro atoms. The molecule has 0 fully saturated rings. The lowest BCUT2D eigenvalue weighted by Gasteiger charge is -1.97. The molecule has 2 aromatic rings. The summed E-state index contributed by atoms with van der Waals surface area (Å²) < 4.78 is 1.53. The first-order chi connectivity index (χ1) is 5.79. The number of aromatic nitrogens is 3. The van der Waals surface area contributed by atoms with Crippen LogP contribution in [-0.4, -0.2) is 20.6 Å². The largest absolute Gasteiger partial charge is 0.293 e. The van der Waals surface area contributed by atoms with Gasteiger partial charge in [-0.25, -0.2) is 4.52 Å². The maximum atomic E-state index is 11.1. The second-order valence-corrected chi connectivity index (χ2v) is 2.54. The van der Waals surface area contributed by atoms with Crippen molar-refractivity contribution >= 4 is 11.3 Å². The third-order valence-electron chi connectivity index (χ3n) is 1.69. The van der Waals surface area contributed by atoms with Crippen molar-refractivity contribution in [1.29, 1.82) is 0 Å². The monoisotopic (exact) mass is 161 g/mol. The highest BCUT2D eigenvalue weighted by molar-refractivity contribution is 5.92. The van der Waals surface area contributed by atoms with Gasteiger partial charge in [0, 0.05) is 6.92 Å². The van der Waals surface area contributed by atoms with Gasteiger partial charge in [0.25, 0.3) is 0 Å². The summed E-state index contributed by atoms with van der Waals surface area (Å²) in [7, 11) is 0. The molecule has 0 saturated heterocycles. The smallest absolute Gasteiger partial charge is 0.178 e. The van der Waals surface area contributed by atoms with Crippen molar-refractivity contribution in [3.63, 3.8) is 0 Å². The summed E-state index contributed by atoms with van der Waals surface area (Å²) in [6.07, 6.45) is 1.62. The first kappa shape index (κ1) is 6.97. The molecule has 0 atom stereocenters. The van der Waals surface area contributed by atoms with E-state index in [1.54, 1.807) is 12.3 Å². The Morgan fingerprint density at radius 2 is 2.33 bits per heavy atom. The standard InChI is InChI=1S/C8H7N3O/c1-6(12)8-4-2-3-7-5-9-10-11(7)8/h2-5H,1H3. The van der Waals surface area contributed by atoms with Crippen molar-refractivity contribution in [2.45, 2.75) is 6.92 Å². The highest BCUT2D eigenvalue weighted by Gasteiger charge is 2.04. The lowest BCUT2D eigenvalue weighted by atomic mass is 10.2. The van der Waals surface area contributed by atoms with E-state index < -0.39 is 0 Å². The van der Waals surface area contributed by atoms with Gasteiger partial charge in [0.15, 0.2) is 5.78 Å². The molecule has 12 heavy (non-hydrogen) atoms. The van der Waals surface area contributed by atoms with Gasteiger partial charge < -0.3 is 0 Å². The minimum Gasteiger partial charge on any atom is -0.293 e. The van der Waals surface area contributed by atoms with Crippen LogP contribution in [0.4, 0.5) is 0 Å². The second-order valence-electron chi connectivity index (χ2n) is 2.54. The molecule has 2 rings (SSSR count). The molecule has 0 aliphatic carbocycles. The van der Waals surface area contributed by atoms with Crippen LogP contribution >= 0.6 is 0 Å². The van der Waals surface area contributed by atoms with Crippen molar-refractivity contribution in [3.05, 3.63) is 30.1 Å². The van der Waals surface area contributed by atoms with E-state index >= 15 is 0 Å². The number of carbonyl (C=O) groups excluding carboxylic acids is 1. The number of nitrogens with zero attached hydrogens (tertiary/aromatic N) is 3. The number of hydrogen-bond acceptors (Lipinski definition) is 3. The summed E-state index contributed by atoms with van der Waals surface area (Å²) in [5, 5.41) is 7.49. The maximum Gasteiger partial charge on any atom is 0.178 e. The van der Waals surface area contributed by atoms with E-state index in [2.05, 4.69) is 10.3 Å². The molecule has 2 heterocycles. The third-order valence-corrected chi connectivity index (χ3v) is 1.69. The van der Waals surface area contributed by atoms with Gasteiger partial charge >= 0.3 is 0 Å². The van der Waals surface area contributed by atoms with E-state index in [1.807, 2.05) is 12.1 Å². The van der Waals surface area contributed by atoms with E-state index in [-0.39, 0.29) is 5.78 Å². The Morgan fingerprint density at radius 1 is 1.50 bits per heavy atom. The van der Waals surface area contributed by atoms with Crippen LogP contribution in [0, 0.1) is 0 Å². The van der Waals surface area contributed by atoms with Crippen LogP contribution in [-0.2, 0) is 0 Å². The molecule has 60 valence electrons. The molecular weight excluding hydrogens is 154 g/mol. The Balaban J connectivity index is 2.82. The van der Waals surface area contributed by atoms with Crippen LogP contribution in [0.3, 0.4) is 0 Å². The number of ketones is 1. The molecule has 0 bridgehead atoms. The van der Waals surface area contributed by atoms with E-state index in [1.165, 1.54) is 11.4 Å². The lowest BCUT2D eigenvalue weighted by molar-refractivity contribution is 0.101. The van der Waals surface area contributed by atoms with Gasteiger partial charge in [-0.15, -0.1) is 5.10 Å². The van der Waals surface area contributed by atoms with E-state index in [0.29, 0.717) is 5.69 Å². The lowest BCUT2D eigenvalue weighted by Crippen LogP contribution is -2.02. The topological polar surface area (TPSA) is 47.3 Å². The van der Waals surface area contributed by atoms with Crippen molar-refractivity contribution < 1.29 is 4.79 Å². The highest BCUT2D eigenvalue weighted by atomic mass is 16.1. The summed E-state index contributed by atoms with van der Waals surface area (Å²) in [5.74, 6) is -0.00824. The van der Waals surface area contributed by atoms with Gasteiger partial charge in [-0.2, -0.15) is 0 Å². The van der Waals surface area contributed by atoms with Crippen molar-refractivity contribution in [1.82, 2.24) is 14.8 Å². The van der Waals surface area contributed by atoms with Crippen molar-refractivity contribution in [2.75, 3.05) is 0 Å². The fraction of sp³-hybridized carbons (Fsp3) is 0.125. The van der Waals surface area contributed by atoms with Gasteiger partial charge in [-0.05, 0) is 12.1 Å². The number of fused-ring (bicyclic) bond motifs is 1. The SMILES string of the molecule is CC(=O)c1cccc2cnnn12. The predicted octanol–water partition coefficient (Wildman–Crippen LogP) is 0.932. The minimum atomic E-state index is -0.00824. The molecule has 0 aliphatic rings. The summed E-state index contributed by atoms with van der Waals surface area (Å²) in [5.41, 5.74) is 1.40. The summed E-state index contributed by atoms with van der Waals surface area (Å²) >= 11 is 0. The zero-order chi connectivity index (χ0) is 8.55. The van der Waals surface area contributed by atoms with Crippen LogP contribution < -0.4 is 0 Å². The minimum absolute atomic E-state index is 0.00824. The number of Topliss-reactive ketones (excluding diaryl/α,β-unsaturated/α-hetero) is 1. The number of carbonyl (C=O) groups is 1. The van der Waals surface area contributed by atoms with Crippen LogP contribution in [0.1, 0.15) is 17.4 Å². The van der Waals surface area contributed by atoms with Crippen LogP contribution in [0.25, 0.3) is 5.52 Å². The van der Waals surface area contributed by atoms with Crippen molar-refractivity contribution in [3.8, 4) is 0 Å². The summed E-state index contributed by atoms with van der Waals surface area (Å²) in [4.78, 5) is 11.1. The van der Waals surface area contributed by atoms with Gasteiger partial charge in [-0.3, -0.25) is 4.79 Å². The van der Waals surface area contributed by atoms with E-state index in [9.17, 15) is 4.79 Å². The zero-order valence-corrected chi connectivity index (χ0v) is 6.56. The Labute approximate surface area is 68.8 Å². The fourth-order valence-electron chi connectivity index (χ4n) is 1.12. The molecule has 0 amide bonds. The Morgan fingerprint density at radius 3 is 3.08 bits per heavy atom. The summed E-state index contributed by atoms with van der Waals surface area (Å²) in [6.45, 7) is 1.51. The molecule has 4 nitrogen and oxygen atoms in total. The van der Waals surface area contributed by atoms with Crippen LogP contribution in [0.15, 0.2) is 24.4 Å². The number of pyridine rings is 1. The molecule has 0 saturated carbocycles. The molecule has 0 aromatic carbocycles. The fourth-order valence-corrected chi connectivity index (χ4v) is 1.12. The van der Waals surface area contributed by atoms with Crippen LogP contribution in [0.5, 0.6) is 0 Å². The molecule has 0 unspecified atom stereocenters. The molecular formula is C8H7N3O. The quantitative estimate of drug-likeness (QED) is 0.584. The first-order valence-electron chi connectivity index (χ1n) is 3.59. The van der Waals surface area contributed by atoms with Gasteiger partial charge in [-0.1, -0.05) is 11.3 Å². The average Bonchev–Trinajstić information content (AvgIpc) is 2.49. The Hall–Kier alpha value is -1.71. The third kappa shape index (κ3) is 0.887. The molecule has 0 aliphatic heterocycles. The Kier molecular flexibility index (Phi) is 1.40. The Bertz CT molecular complexity index is 433. The van der Waals surface area contributed by atoms with Crippen LogP contribution in [0.2, 0.25) is 0 Å². The molecule has 4 heteroatoms. The van der Waals surface area contributed by atoms with Crippen molar-refractivity contribution in [2.24, 2.45) is 0 Å². The number of hydrogen-bond donors (Lipinski definition) is 0. The molecule has 0 N–H and O–H groups in total. The predicted molar refractivity (Wildman–Crippen MR) is 43.0 cm³/mol. The van der Waals surface area contributed by atoms with Gasteiger partial charge in [0.1, 0.15) is 5.69 Å². The van der Waals surface area contributed by atoms with Gasteiger partial charge in [0.05, 0.1) is 11.7 Å². The van der Waals surface area contributed by atoms with E-state index in [0.717, 1.165) is 5.52 Å². The highest BCUT2D eigenvalue weighted by Crippen LogP contribution is 2.04. The van der Waals surface area contributed by atoms with Gasteiger partial charge in [0.2, 0.25) is 0 Å². The number of rotatable bonds is 1. The molecule has 0 radical (unpaired) electrons. The summed E-state index contributed by atoms with van der Waals surface area (Å²) in [6, 6.07) is 5.39.